The molecule has 134 valence electrons. The lowest BCUT2D eigenvalue weighted by Gasteiger charge is -2.38. The lowest BCUT2D eigenvalue weighted by molar-refractivity contribution is -0.138. The van der Waals surface area contributed by atoms with Crippen LogP contribution in [0.2, 0.25) is 0 Å². The molecule has 0 unspecified atom stereocenters. The van der Waals surface area contributed by atoms with E-state index >= 15 is 0 Å². The van der Waals surface area contributed by atoms with Gasteiger partial charge in [0.15, 0.2) is 0 Å². The van der Waals surface area contributed by atoms with Crippen LogP contribution >= 0.6 is 0 Å². The number of fused-ring (bicyclic) bond motifs is 1. The van der Waals surface area contributed by atoms with Gasteiger partial charge in [0.2, 0.25) is 5.91 Å². The van der Waals surface area contributed by atoms with E-state index < -0.39 is 0 Å². The van der Waals surface area contributed by atoms with Gasteiger partial charge in [0.25, 0.3) is 0 Å². The second kappa shape index (κ2) is 6.31. The summed E-state index contributed by atoms with van der Waals surface area (Å²) in [7, 11) is 0. The normalized spacial score (nSPS) is 14.4. The van der Waals surface area contributed by atoms with E-state index in [0.717, 1.165) is 22.3 Å². The fraction of sp³-hybridized carbons (Fsp3) is 0.211. The quantitative estimate of drug-likeness (QED) is 0.555. The van der Waals surface area contributed by atoms with Crippen molar-refractivity contribution < 1.29 is 4.79 Å². The van der Waals surface area contributed by atoms with Crippen LogP contribution < -0.4 is 0 Å². The van der Waals surface area contributed by atoms with Crippen molar-refractivity contribution in [2.24, 2.45) is 0 Å². The molecule has 1 amide bonds. The smallest absolute Gasteiger partial charge is 0.244 e. The average Bonchev–Trinajstić information content (AvgIpc) is 3.29. The molecule has 0 atom stereocenters. The summed E-state index contributed by atoms with van der Waals surface area (Å²) < 4.78 is 3.49. The van der Waals surface area contributed by atoms with Crippen LogP contribution in [-0.4, -0.2) is 53.9 Å². The second-order valence-corrected chi connectivity index (χ2v) is 6.64. The summed E-state index contributed by atoms with van der Waals surface area (Å²) in [6.45, 7) is 1.45. The third kappa shape index (κ3) is 2.84. The van der Waals surface area contributed by atoms with Gasteiger partial charge in [-0.15, -0.1) is 10.2 Å². The number of likely N-dealkylation sites (tertiary alicyclic amines) is 1. The third-order valence-corrected chi connectivity index (χ3v) is 4.87. The molecule has 3 heterocycles. The average molecular weight is 359 g/mol. The molecule has 27 heavy (non-hydrogen) atoms. The molecule has 0 spiro atoms. The Kier molecular flexibility index (Phi) is 3.67. The van der Waals surface area contributed by atoms with E-state index in [0.29, 0.717) is 13.1 Å². The molecule has 1 fully saturated rings. The Morgan fingerprint density at radius 1 is 0.963 bits per heavy atom. The lowest BCUT2D eigenvalue weighted by Crippen LogP contribution is -2.51. The highest BCUT2D eigenvalue weighted by Gasteiger charge is 2.33. The maximum atomic E-state index is 12.5. The van der Waals surface area contributed by atoms with Crippen molar-refractivity contribution in [3.63, 3.8) is 0 Å². The number of hydrogen-bond acceptors (Lipinski definition) is 5. The summed E-state index contributed by atoms with van der Waals surface area (Å²) in [6, 6.07) is 17.7. The van der Waals surface area contributed by atoms with Crippen LogP contribution in [0.4, 0.5) is 0 Å². The first-order chi connectivity index (χ1) is 13.3. The maximum Gasteiger partial charge on any atom is 0.244 e. The molecule has 0 saturated carbocycles. The lowest BCUT2D eigenvalue weighted by atomic mass is 10.1. The van der Waals surface area contributed by atoms with Crippen LogP contribution in [0.15, 0.2) is 60.8 Å². The molecular formula is C19H17N7O. The maximum absolute atomic E-state index is 12.5. The van der Waals surface area contributed by atoms with Crippen molar-refractivity contribution in [3.8, 4) is 11.3 Å². The summed E-state index contributed by atoms with van der Waals surface area (Å²) in [6.07, 6.45) is 1.94. The molecule has 0 bridgehead atoms. The number of nitrogens with zero attached hydrogens (tertiary/aromatic N) is 7. The van der Waals surface area contributed by atoms with Crippen LogP contribution in [0, 0.1) is 0 Å². The van der Waals surface area contributed by atoms with Crippen LogP contribution in [0.3, 0.4) is 0 Å². The minimum Gasteiger partial charge on any atom is -0.337 e. The van der Waals surface area contributed by atoms with Gasteiger partial charge in [0.1, 0.15) is 17.8 Å². The van der Waals surface area contributed by atoms with Gasteiger partial charge < -0.3 is 4.90 Å². The molecule has 0 N–H and O–H groups in total. The Hall–Kier alpha value is -3.55. The molecule has 8 heteroatoms. The topological polar surface area (TPSA) is 81.7 Å². The molecule has 1 aliphatic heterocycles. The fourth-order valence-corrected chi connectivity index (χ4v) is 3.28. The van der Waals surface area contributed by atoms with Crippen LogP contribution in [-0.2, 0) is 11.3 Å². The van der Waals surface area contributed by atoms with E-state index in [9.17, 15) is 4.79 Å². The van der Waals surface area contributed by atoms with Crippen molar-refractivity contribution in [1.29, 1.82) is 0 Å². The van der Waals surface area contributed by atoms with Gasteiger partial charge in [-0.2, -0.15) is 0 Å². The summed E-state index contributed by atoms with van der Waals surface area (Å²) in [5.74, 6) is 0.0327. The minimum atomic E-state index is 0.0327. The van der Waals surface area contributed by atoms with E-state index in [4.69, 9.17) is 0 Å². The minimum absolute atomic E-state index is 0.0327. The Morgan fingerprint density at radius 2 is 1.74 bits per heavy atom. The van der Waals surface area contributed by atoms with Crippen molar-refractivity contribution in [2.45, 2.75) is 12.6 Å². The monoisotopic (exact) mass is 359 g/mol. The predicted octanol–water partition coefficient (Wildman–Crippen LogP) is 1.77. The van der Waals surface area contributed by atoms with Gasteiger partial charge in [0.05, 0.1) is 17.8 Å². The molecular weight excluding hydrogens is 342 g/mol. The van der Waals surface area contributed by atoms with Crippen molar-refractivity contribution >= 4 is 16.9 Å². The molecule has 1 aliphatic rings. The first-order valence-electron chi connectivity index (χ1n) is 8.81. The van der Waals surface area contributed by atoms with Crippen LogP contribution in [0.25, 0.3) is 22.3 Å². The number of carbonyl (C=O) groups is 1. The van der Waals surface area contributed by atoms with Crippen LogP contribution in [0.5, 0.6) is 0 Å². The summed E-state index contributed by atoms with van der Waals surface area (Å²) >= 11 is 0. The molecule has 0 radical (unpaired) electrons. The van der Waals surface area contributed by atoms with Gasteiger partial charge >= 0.3 is 0 Å². The third-order valence-electron chi connectivity index (χ3n) is 4.87. The second-order valence-electron chi connectivity index (χ2n) is 6.64. The van der Waals surface area contributed by atoms with Crippen molar-refractivity contribution in [1.82, 2.24) is 34.9 Å². The first kappa shape index (κ1) is 15.7. The number of benzene rings is 2. The Labute approximate surface area is 155 Å². The summed E-state index contributed by atoms with van der Waals surface area (Å²) in [4.78, 5) is 14.3. The molecule has 5 rings (SSSR count). The largest absolute Gasteiger partial charge is 0.337 e. The number of amides is 1. The van der Waals surface area contributed by atoms with Gasteiger partial charge in [-0.25, -0.2) is 9.36 Å². The zero-order valence-electron chi connectivity index (χ0n) is 14.5. The highest BCUT2D eigenvalue weighted by Crippen LogP contribution is 2.23. The number of hydrogen-bond donors (Lipinski definition) is 0. The number of carbonyl (C=O) groups excluding carboxylic acids is 1. The Balaban J connectivity index is 1.23. The van der Waals surface area contributed by atoms with E-state index in [2.05, 4.69) is 20.6 Å². The molecule has 2 aromatic heterocycles. The molecule has 8 nitrogen and oxygen atoms in total. The zero-order valence-corrected chi connectivity index (χ0v) is 14.5. The first-order valence-corrected chi connectivity index (χ1v) is 8.81. The Morgan fingerprint density at radius 3 is 2.59 bits per heavy atom. The van der Waals surface area contributed by atoms with Gasteiger partial charge in [-0.05, 0) is 12.1 Å². The molecule has 4 aromatic rings. The molecule has 0 aliphatic carbocycles. The number of para-hydroxylation sites is 1. The summed E-state index contributed by atoms with van der Waals surface area (Å²) in [5, 5.41) is 16.6. The van der Waals surface area contributed by atoms with Gasteiger partial charge in [0, 0.05) is 18.7 Å². The van der Waals surface area contributed by atoms with E-state index in [1.165, 1.54) is 0 Å². The van der Waals surface area contributed by atoms with Gasteiger partial charge in [-0.1, -0.05) is 52.9 Å². The highest BCUT2D eigenvalue weighted by atomic mass is 16.2. The number of rotatable bonds is 4. The van der Waals surface area contributed by atoms with E-state index in [1.54, 1.807) is 4.68 Å². The van der Waals surface area contributed by atoms with Crippen LogP contribution in [0.1, 0.15) is 6.04 Å². The SMILES string of the molecule is O=C(Cn1nnc2ccccc21)N1CC(n2cc(-c3ccccc3)nn2)C1. The number of aromatic nitrogens is 6. The van der Waals surface area contributed by atoms with E-state index in [1.807, 2.05) is 70.4 Å². The fourth-order valence-electron chi connectivity index (χ4n) is 3.28. The summed E-state index contributed by atoms with van der Waals surface area (Å²) in [5.41, 5.74) is 3.54. The van der Waals surface area contributed by atoms with E-state index in [-0.39, 0.29) is 18.5 Å². The Bertz CT molecular complexity index is 1100. The molecule has 2 aromatic carbocycles. The highest BCUT2D eigenvalue weighted by molar-refractivity contribution is 5.80. The van der Waals surface area contributed by atoms with Gasteiger partial charge in [-0.3, -0.25) is 4.79 Å². The van der Waals surface area contributed by atoms with Crippen molar-refractivity contribution in [2.75, 3.05) is 13.1 Å². The molecule has 1 saturated heterocycles. The predicted molar refractivity (Wildman–Crippen MR) is 98.6 cm³/mol. The standard InChI is InChI=1S/C19H17N7O/c27-19(13-26-18-9-5-4-8-16(18)20-23-26)24-10-15(11-24)25-12-17(21-22-25)14-6-2-1-3-7-14/h1-9,12,15H,10-11,13H2. The van der Waals surface area contributed by atoms with Crippen molar-refractivity contribution in [3.05, 3.63) is 60.8 Å². The zero-order chi connectivity index (χ0) is 18.2.